The van der Waals surface area contributed by atoms with Crippen LogP contribution in [0.2, 0.25) is 0 Å². The van der Waals surface area contributed by atoms with Gasteiger partial charge >= 0.3 is 5.69 Å². The number of amides is 1. The Morgan fingerprint density at radius 1 is 1.10 bits per heavy atom. The average Bonchev–Trinajstić information content (AvgIpc) is 3.14. The van der Waals surface area contributed by atoms with E-state index in [0.29, 0.717) is 37.1 Å². The van der Waals surface area contributed by atoms with Gasteiger partial charge < -0.3 is 4.90 Å². The van der Waals surface area contributed by atoms with E-state index < -0.39 is 0 Å². The molecule has 4 rings (SSSR count). The van der Waals surface area contributed by atoms with Crippen molar-refractivity contribution in [2.24, 2.45) is 0 Å². The van der Waals surface area contributed by atoms with E-state index in [1.165, 1.54) is 11.8 Å². The van der Waals surface area contributed by atoms with Crippen LogP contribution in [0, 0.1) is 0 Å². The Bertz CT molecular complexity index is 1060. The van der Waals surface area contributed by atoms with Gasteiger partial charge in [-0.2, -0.15) is 5.10 Å². The second-order valence-electron chi connectivity index (χ2n) is 7.50. The van der Waals surface area contributed by atoms with Crippen LogP contribution in [0.4, 0.5) is 0 Å². The summed E-state index contributed by atoms with van der Waals surface area (Å²) in [6.07, 6.45) is 4.96. The fraction of sp³-hybridized carbons (Fsp3) is 0.409. The summed E-state index contributed by atoms with van der Waals surface area (Å²) in [5, 5.41) is 5.30. The van der Waals surface area contributed by atoms with Crippen molar-refractivity contribution in [3.8, 4) is 0 Å². The molecular formula is C22H26N6O2S. The lowest BCUT2D eigenvalue weighted by atomic mass is 9.96. The predicted molar refractivity (Wildman–Crippen MR) is 119 cm³/mol. The molecule has 1 amide bonds. The Hall–Kier alpha value is -2.94. The first-order valence-corrected chi connectivity index (χ1v) is 11.5. The molecule has 0 unspecified atom stereocenters. The van der Waals surface area contributed by atoms with Gasteiger partial charge in [-0.25, -0.2) is 19.4 Å². The fourth-order valence-electron chi connectivity index (χ4n) is 3.88. The molecule has 162 valence electrons. The molecule has 0 bridgehead atoms. The van der Waals surface area contributed by atoms with Crippen LogP contribution < -0.4 is 5.69 Å². The molecule has 0 saturated carbocycles. The zero-order chi connectivity index (χ0) is 21.6. The summed E-state index contributed by atoms with van der Waals surface area (Å²) < 4.78 is 3.33. The van der Waals surface area contributed by atoms with Crippen LogP contribution >= 0.6 is 11.8 Å². The summed E-state index contributed by atoms with van der Waals surface area (Å²) >= 11 is 1.36. The zero-order valence-corrected chi connectivity index (χ0v) is 18.4. The van der Waals surface area contributed by atoms with Gasteiger partial charge in [0.05, 0.1) is 12.3 Å². The van der Waals surface area contributed by atoms with E-state index in [1.54, 1.807) is 27.7 Å². The normalized spacial score (nSPS) is 14.7. The van der Waals surface area contributed by atoms with Crippen LogP contribution in [0.3, 0.4) is 0 Å². The van der Waals surface area contributed by atoms with Gasteiger partial charge in [-0.3, -0.25) is 9.36 Å². The highest BCUT2D eigenvalue weighted by molar-refractivity contribution is 7.99. The molecule has 8 nitrogen and oxygen atoms in total. The maximum atomic E-state index is 12.8. The van der Waals surface area contributed by atoms with E-state index in [-0.39, 0.29) is 17.5 Å². The quantitative estimate of drug-likeness (QED) is 0.416. The number of nitrogens with zero attached hydrogens (tertiary/aromatic N) is 6. The molecule has 1 aliphatic rings. The number of hydrogen-bond acceptors (Lipinski definition) is 6. The van der Waals surface area contributed by atoms with E-state index in [1.807, 2.05) is 42.2 Å². The van der Waals surface area contributed by atoms with Crippen molar-refractivity contribution in [3.05, 3.63) is 70.7 Å². The van der Waals surface area contributed by atoms with Gasteiger partial charge in [0.25, 0.3) is 0 Å². The lowest BCUT2D eigenvalue weighted by Crippen LogP contribution is -2.39. The van der Waals surface area contributed by atoms with Crippen molar-refractivity contribution >= 4 is 17.7 Å². The maximum Gasteiger partial charge on any atom is 0.346 e. The first-order valence-electron chi connectivity index (χ1n) is 10.5. The third kappa shape index (κ3) is 5.04. The third-order valence-corrected chi connectivity index (χ3v) is 6.38. The van der Waals surface area contributed by atoms with Crippen molar-refractivity contribution in [1.82, 2.24) is 29.2 Å². The van der Waals surface area contributed by atoms with Crippen molar-refractivity contribution in [1.29, 1.82) is 0 Å². The highest BCUT2D eigenvalue weighted by atomic mass is 32.2. The molecule has 0 spiro atoms. The van der Waals surface area contributed by atoms with Crippen LogP contribution in [0.15, 0.2) is 58.7 Å². The minimum atomic E-state index is -0.0703. The van der Waals surface area contributed by atoms with Gasteiger partial charge in [0, 0.05) is 37.9 Å². The smallest absolute Gasteiger partial charge is 0.342 e. The molecule has 1 aromatic carbocycles. The van der Waals surface area contributed by atoms with Crippen molar-refractivity contribution in [2.45, 2.75) is 43.9 Å². The standard InChI is InChI=1S/C22H26N6O2S/c1-2-27-20(25-28(22(27)30)15-17-7-4-3-5-8-17)18-9-13-26(14-10-18)19(29)16-31-21-23-11-6-12-24-21/h3-8,11-12,18H,2,9-10,13-16H2,1H3. The van der Waals surface area contributed by atoms with E-state index in [2.05, 4.69) is 15.1 Å². The summed E-state index contributed by atoms with van der Waals surface area (Å²) in [4.78, 5) is 35.6. The largest absolute Gasteiger partial charge is 0.346 e. The van der Waals surface area contributed by atoms with Crippen LogP contribution in [0.25, 0.3) is 0 Å². The van der Waals surface area contributed by atoms with Crippen LogP contribution in [-0.2, 0) is 17.9 Å². The number of aromatic nitrogens is 5. The maximum absolute atomic E-state index is 12.8. The van der Waals surface area contributed by atoms with E-state index in [0.717, 1.165) is 24.2 Å². The van der Waals surface area contributed by atoms with E-state index in [9.17, 15) is 9.59 Å². The molecule has 3 heterocycles. The summed E-state index contributed by atoms with van der Waals surface area (Å²) in [7, 11) is 0. The number of thioether (sulfide) groups is 1. The molecule has 3 aromatic rings. The minimum Gasteiger partial charge on any atom is -0.342 e. The summed E-state index contributed by atoms with van der Waals surface area (Å²) in [5.41, 5.74) is 0.983. The lowest BCUT2D eigenvalue weighted by molar-refractivity contribution is -0.129. The number of rotatable bonds is 7. The van der Waals surface area contributed by atoms with Crippen molar-refractivity contribution in [3.63, 3.8) is 0 Å². The molecule has 9 heteroatoms. The van der Waals surface area contributed by atoms with Gasteiger partial charge in [-0.05, 0) is 31.4 Å². The molecular weight excluding hydrogens is 412 g/mol. The number of hydrogen-bond donors (Lipinski definition) is 0. The SMILES string of the molecule is CCn1c(C2CCN(C(=O)CSc3ncccn3)CC2)nn(Cc2ccccc2)c1=O. The van der Waals surface area contributed by atoms with E-state index >= 15 is 0 Å². The minimum absolute atomic E-state index is 0.0703. The van der Waals surface area contributed by atoms with Crippen LogP contribution in [0.1, 0.15) is 37.1 Å². The summed E-state index contributed by atoms with van der Waals surface area (Å²) in [6, 6.07) is 11.6. The monoisotopic (exact) mass is 438 g/mol. The number of piperidine rings is 1. The first-order chi connectivity index (χ1) is 15.2. The molecule has 0 atom stereocenters. The molecule has 31 heavy (non-hydrogen) atoms. The molecule has 2 aromatic heterocycles. The topological polar surface area (TPSA) is 85.9 Å². The molecule has 0 aliphatic carbocycles. The highest BCUT2D eigenvalue weighted by Crippen LogP contribution is 2.27. The molecule has 1 aliphatic heterocycles. The Kier molecular flexibility index (Phi) is 6.81. The number of carbonyl (C=O) groups excluding carboxylic acids is 1. The molecule has 0 radical (unpaired) electrons. The van der Waals surface area contributed by atoms with Crippen LogP contribution in [0.5, 0.6) is 0 Å². The van der Waals surface area contributed by atoms with Crippen molar-refractivity contribution < 1.29 is 4.79 Å². The lowest BCUT2D eigenvalue weighted by Gasteiger charge is -2.31. The third-order valence-electron chi connectivity index (χ3n) is 5.52. The van der Waals surface area contributed by atoms with Gasteiger partial charge in [0.2, 0.25) is 5.91 Å². The summed E-state index contributed by atoms with van der Waals surface area (Å²) in [6.45, 7) is 4.37. The van der Waals surface area contributed by atoms with Gasteiger partial charge in [-0.15, -0.1) is 0 Å². The van der Waals surface area contributed by atoms with Crippen LogP contribution in [-0.4, -0.2) is 54.0 Å². The Morgan fingerprint density at radius 3 is 2.48 bits per heavy atom. The summed E-state index contributed by atoms with van der Waals surface area (Å²) in [5.74, 6) is 1.44. The zero-order valence-electron chi connectivity index (χ0n) is 17.6. The first kappa shape index (κ1) is 21.3. The van der Waals surface area contributed by atoms with Gasteiger partial charge in [0.15, 0.2) is 5.16 Å². The van der Waals surface area contributed by atoms with Gasteiger partial charge in [0.1, 0.15) is 5.82 Å². The second-order valence-corrected chi connectivity index (χ2v) is 8.45. The number of likely N-dealkylation sites (tertiary alicyclic amines) is 1. The predicted octanol–water partition coefficient (Wildman–Crippen LogP) is 2.40. The molecule has 1 fully saturated rings. The van der Waals surface area contributed by atoms with E-state index in [4.69, 9.17) is 0 Å². The Labute approximate surface area is 185 Å². The molecule has 1 saturated heterocycles. The van der Waals surface area contributed by atoms with Gasteiger partial charge in [-0.1, -0.05) is 42.1 Å². The number of carbonyl (C=O) groups is 1. The second kappa shape index (κ2) is 9.91. The van der Waals surface area contributed by atoms with Crippen molar-refractivity contribution in [2.75, 3.05) is 18.8 Å². The highest BCUT2D eigenvalue weighted by Gasteiger charge is 2.28. The number of benzene rings is 1. The Balaban J connectivity index is 1.38. The fourth-order valence-corrected chi connectivity index (χ4v) is 4.59. The Morgan fingerprint density at radius 2 is 1.81 bits per heavy atom. The average molecular weight is 439 g/mol. The molecule has 0 N–H and O–H groups in total.